The molecular formula is C13H26N2O3. The second-order valence-electron chi connectivity index (χ2n) is 5.14. The summed E-state index contributed by atoms with van der Waals surface area (Å²) < 4.78 is 10.3. The fraction of sp³-hybridized carbons (Fsp3) is 0.923. The van der Waals surface area contributed by atoms with E-state index < -0.39 is 5.54 Å². The lowest BCUT2D eigenvalue weighted by atomic mass is 10.00. The number of morpholine rings is 1. The van der Waals surface area contributed by atoms with Gasteiger partial charge in [-0.15, -0.1) is 0 Å². The van der Waals surface area contributed by atoms with Gasteiger partial charge in [-0.2, -0.15) is 0 Å². The van der Waals surface area contributed by atoms with Crippen molar-refractivity contribution in [1.29, 1.82) is 0 Å². The molecule has 1 saturated heterocycles. The molecule has 2 unspecified atom stereocenters. The molecule has 0 saturated carbocycles. The molecule has 1 aliphatic heterocycles. The highest BCUT2D eigenvalue weighted by Gasteiger charge is 2.37. The van der Waals surface area contributed by atoms with Gasteiger partial charge in [-0.05, 0) is 26.8 Å². The van der Waals surface area contributed by atoms with Crippen molar-refractivity contribution in [3.05, 3.63) is 0 Å². The lowest BCUT2D eigenvalue weighted by molar-refractivity contribution is -0.149. The van der Waals surface area contributed by atoms with Crippen molar-refractivity contribution in [3.63, 3.8) is 0 Å². The zero-order valence-electron chi connectivity index (χ0n) is 12.0. The van der Waals surface area contributed by atoms with Gasteiger partial charge in [-0.3, -0.25) is 9.69 Å². The van der Waals surface area contributed by atoms with Gasteiger partial charge < -0.3 is 14.8 Å². The van der Waals surface area contributed by atoms with Gasteiger partial charge in [0.05, 0.1) is 20.3 Å². The summed E-state index contributed by atoms with van der Waals surface area (Å²) in [6.45, 7) is 9.91. The second kappa shape index (κ2) is 7.07. The van der Waals surface area contributed by atoms with Gasteiger partial charge in [0.1, 0.15) is 5.54 Å². The Labute approximate surface area is 110 Å². The van der Waals surface area contributed by atoms with Crippen LogP contribution in [0.5, 0.6) is 0 Å². The minimum absolute atomic E-state index is 0.199. The molecule has 1 rings (SSSR count). The number of carbonyl (C=O) groups excluding carboxylic acids is 1. The molecule has 0 aliphatic carbocycles. The molecule has 1 aliphatic rings. The van der Waals surface area contributed by atoms with Crippen LogP contribution in [-0.4, -0.2) is 62.4 Å². The minimum Gasteiger partial charge on any atom is -0.468 e. The molecule has 106 valence electrons. The number of rotatable bonds is 6. The molecule has 2 atom stereocenters. The van der Waals surface area contributed by atoms with Gasteiger partial charge in [0.2, 0.25) is 0 Å². The van der Waals surface area contributed by atoms with Crippen molar-refractivity contribution in [1.82, 2.24) is 10.2 Å². The van der Waals surface area contributed by atoms with Gasteiger partial charge in [0, 0.05) is 19.1 Å². The molecule has 18 heavy (non-hydrogen) atoms. The van der Waals surface area contributed by atoms with Crippen molar-refractivity contribution < 1.29 is 14.3 Å². The molecule has 0 radical (unpaired) electrons. The lowest BCUT2D eigenvalue weighted by Gasteiger charge is -2.39. The number of ether oxygens (including phenoxy) is 2. The fourth-order valence-electron chi connectivity index (χ4n) is 2.22. The summed E-state index contributed by atoms with van der Waals surface area (Å²) in [6, 6.07) is 0.339. The van der Waals surface area contributed by atoms with E-state index >= 15 is 0 Å². The molecule has 5 heteroatoms. The van der Waals surface area contributed by atoms with E-state index in [-0.39, 0.29) is 5.97 Å². The van der Waals surface area contributed by atoms with Crippen molar-refractivity contribution >= 4 is 5.97 Å². The number of nitrogens with zero attached hydrogens (tertiary/aromatic N) is 1. The summed E-state index contributed by atoms with van der Waals surface area (Å²) in [5.41, 5.74) is -0.643. The Morgan fingerprint density at radius 2 is 2.33 bits per heavy atom. The van der Waals surface area contributed by atoms with Crippen molar-refractivity contribution in [2.75, 3.05) is 40.0 Å². The van der Waals surface area contributed by atoms with E-state index in [1.807, 2.05) is 6.92 Å². The first-order chi connectivity index (χ1) is 8.53. The molecule has 0 aromatic heterocycles. The summed E-state index contributed by atoms with van der Waals surface area (Å²) in [5.74, 6) is -0.199. The Balaban J connectivity index is 2.67. The Kier molecular flexibility index (Phi) is 6.05. The third kappa shape index (κ3) is 3.93. The SMILES string of the molecule is CCCNC(C)(CN1CCOCC1C)C(=O)OC. The maximum atomic E-state index is 12.0. The summed E-state index contributed by atoms with van der Waals surface area (Å²) in [4.78, 5) is 14.3. The first-order valence-corrected chi connectivity index (χ1v) is 6.68. The Morgan fingerprint density at radius 3 is 2.89 bits per heavy atom. The van der Waals surface area contributed by atoms with E-state index in [9.17, 15) is 4.79 Å². The molecule has 1 fully saturated rings. The van der Waals surface area contributed by atoms with Crippen LogP contribution in [0.15, 0.2) is 0 Å². The minimum atomic E-state index is -0.643. The summed E-state index contributed by atoms with van der Waals surface area (Å²) >= 11 is 0. The zero-order chi connectivity index (χ0) is 13.6. The number of esters is 1. The molecule has 5 nitrogen and oxygen atoms in total. The van der Waals surface area contributed by atoms with E-state index in [0.29, 0.717) is 12.6 Å². The van der Waals surface area contributed by atoms with E-state index in [4.69, 9.17) is 9.47 Å². The fourth-order valence-corrected chi connectivity index (χ4v) is 2.22. The number of carbonyl (C=O) groups is 1. The molecule has 0 aromatic rings. The van der Waals surface area contributed by atoms with Crippen LogP contribution >= 0.6 is 0 Å². The number of nitrogens with one attached hydrogen (secondary N) is 1. The standard InChI is InChI=1S/C13H26N2O3/c1-5-6-14-13(3,12(16)17-4)10-15-7-8-18-9-11(15)2/h11,14H,5-10H2,1-4H3. The van der Waals surface area contributed by atoms with Crippen LogP contribution in [0, 0.1) is 0 Å². The molecule has 0 spiro atoms. The van der Waals surface area contributed by atoms with E-state index in [0.717, 1.165) is 32.7 Å². The quantitative estimate of drug-likeness (QED) is 0.709. The van der Waals surface area contributed by atoms with Crippen molar-refractivity contribution in [2.45, 2.75) is 38.8 Å². The lowest BCUT2D eigenvalue weighted by Crippen LogP contribution is -2.60. The number of hydrogen-bond donors (Lipinski definition) is 1. The van der Waals surface area contributed by atoms with Gasteiger partial charge >= 0.3 is 5.97 Å². The average molecular weight is 258 g/mol. The van der Waals surface area contributed by atoms with Crippen LogP contribution in [0.3, 0.4) is 0 Å². The smallest absolute Gasteiger partial charge is 0.327 e. The predicted octanol–water partition coefficient (Wildman–Crippen LogP) is 0.638. The Morgan fingerprint density at radius 1 is 1.61 bits per heavy atom. The van der Waals surface area contributed by atoms with Gasteiger partial charge in [-0.1, -0.05) is 6.92 Å². The maximum absolute atomic E-state index is 12.0. The van der Waals surface area contributed by atoms with Crippen molar-refractivity contribution in [2.24, 2.45) is 0 Å². The Bertz CT molecular complexity index is 273. The zero-order valence-corrected chi connectivity index (χ0v) is 12.0. The first-order valence-electron chi connectivity index (χ1n) is 6.68. The summed E-state index contributed by atoms with van der Waals surface area (Å²) in [6.07, 6.45) is 0.991. The molecule has 0 aromatic carbocycles. The van der Waals surface area contributed by atoms with Crippen molar-refractivity contribution in [3.8, 4) is 0 Å². The molecule has 1 heterocycles. The molecule has 0 bridgehead atoms. The summed E-state index contributed by atoms with van der Waals surface area (Å²) in [7, 11) is 1.44. The van der Waals surface area contributed by atoms with Crippen LogP contribution in [0.4, 0.5) is 0 Å². The maximum Gasteiger partial charge on any atom is 0.327 e. The van der Waals surface area contributed by atoms with E-state index in [2.05, 4.69) is 24.1 Å². The molecule has 1 N–H and O–H groups in total. The van der Waals surface area contributed by atoms with E-state index in [1.54, 1.807) is 0 Å². The van der Waals surface area contributed by atoms with Gasteiger partial charge in [-0.25, -0.2) is 0 Å². The largest absolute Gasteiger partial charge is 0.468 e. The molecule has 0 amide bonds. The predicted molar refractivity (Wildman–Crippen MR) is 70.6 cm³/mol. The summed E-state index contributed by atoms with van der Waals surface area (Å²) in [5, 5.41) is 3.31. The first kappa shape index (κ1) is 15.4. The number of hydrogen-bond acceptors (Lipinski definition) is 5. The van der Waals surface area contributed by atoms with Crippen LogP contribution < -0.4 is 5.32 Å². The molecular weight excluding hydrogens is 232 g/mol. The number of methoxy groups -OCH3 is 1. The second-order valence-corrected chi connectivity index (χ2v) is 5.14. The van der Waals surface area contributed by atoms with Gasteiger partial charge in [0.15, 0.2) is 0 Å². The van der Waals surface area contributed by atoms with Gasteiger partial charge in [0.25, 0.3) is 0 Å². The Hall–Kier alpha value is -0.650. The highest BCUT2D eigenvalue weighted by molar-refractivity contribution is 5.80. The average Bonchev–Trinajstić information content (AvgIpc) is 2.38. The third-order valence-electron chi connectivity index (χ3n) is 3.43. The van der Waals surface area contributed by atoms with Crippen LogP contribution in [0.25, 0.3) is 0 Å². The monoisotopic (exact) mass is 258 g/mol. The normalized spacial score (nSPS) is 24.6. The third-order valence-corrected chi connectivity index (χ3v) is 3.43. The van der Waals surface area contributed by atoms with Crippen LogP contribution in [0.2, 0.25) is 0 Å². The van der Waals surface area contributed by atoms with E-state index in [1.165, 1.54) is 7.11 Å². The topological polar surface area (TPSA) is 50.8 Å². The van der Waals surface area contributed by atoms with Crippen LogP contribution in [-0.2, 0) is 14.3 Å². The van der Waals surface area contributed by atoms with Crippen LogP contribution in [0.1, 0.15) is 27.2 Å². The highest BCUT2D eigenvalue weighted by atomic mass is 16.5. The highest BCUT2D eigenvalue weighted by Crippen LogP contribution is 2.14.